The molecule has 2 aromatic heterocycles. The highest BCUT2D eigenvalue weighted by atomic mass is 16.1. The smallest absolute Gasteiger partial charge is 0.248 e. The van der Waals surface area contributed by atoms with Crippen molar-refractivity contribution in [1.82, 2.24) is 24.9 Å². The molecule has 26 heavy (non-hydrogen) atoms. The molecular formula is C17H14N8O. The number of hydrazine groups is 1. The third kappa shape index (κ3) is 2.85. The summed E-state index contributed by atoms with van der Waals surface area (Å²) in [5.74, 6) is 1.30. The molecule has 9 heteroatoms. The first-order chi connectivity index (χ1) is 12.6. The first kappa shape index (κ1) is 15.7. The molecule has 4 rings (SSSR count). The maximum absolute atomic E-state index is 11.0. The van der Waals surface area contributed by atoms with E-state index in [0.717, 1.165) is 5.56 Å². The first-order valence-electron chi connectivity index (χ1n) is 7.90. The molecule has 0 aliphatic carbocycles. The van der Waals surface area contributed by atoms with Crippen molar-refractivity contribution in [1.29, 1.82) is 5.26 Å². The Morgan fingerprint density at radius 2 is 2.04 bits per heavy atom. The van der Waals surface area contributed by atoms with Gasteiger partial charge in [-0.3, -0.25) is 9.36 Å². The number of nitrogens with one attached hydrogen (secondary N) is 1. The molecule has 4 bridgehead atoms. The number of nitrogens with two attached hydrogens (primary N) is 1. The van der Waals surface area contributed by atoms with E-state index >= 15 is 0 Å². The second-order valence-electron chi connectivity index (χ2n) is 5.70. The molecule has 0 unspecified atom stereocenters. The summed E-state index contributed by atoms with van der Waals surface area (Å²) in [5.41, 5.74) is 10.4. The minimum atomic E-state index is -0.397. The van der Waals surface area contributed by atoms with Crippen LogP contribution < -0.4 is 16.2 Å². The van der Waals surface area contributed by atoms with E-state index in [1.807, 2.05) is 24.4 Å². The number of nitriles is 1. The minimum Gasteiger partial charge on any atom is -0.370 e. The van der Waals surface area contributed by atoms with Gasteiger partial charge in [0, 0.05) is 24.6 Å². The normalized spacial score (nSPS) is 11.7. The number of nitrogens with zero attached hydrogens (tertiary/aromatic N) is 6. The fourth-order valence-electron chi connectivity index (χ4n) is 2.62. The quantitative estimate of drug-likeness (QED) is 0.706. The molecule has 3 aromatic rings. The minimum absolute atomic E-state index is 0.180. The summed E-state index contributed by atoms with van der Waals surface area (Å²) in [4.78, 5) is 24.4. The third-order valence-corrected chi connectivity index (χ3v) is 3.91. The molecular weight excluding hydrogens is 332 g/mol. The zero-order chi connectivity index (χ0) is 18.1. The van der Waals surface area contributed by atoms with Gasteiger partial charge in [-0.05, 0) is 12.1 Å². The predicted octanol–water partition coefficient (Wildman–Crippen LogP) is 1.03. The van der Waals surface area contributed by atoms with Gasteiger partial charge in [0.05, 0.1) is 23.5 Å². The fourth-order valence-corrected chi connectivity index (χ4v) is 2.62. The lowest BCUT2D eigenvalue weighted by atomic mass is 10.1. The van der Waals surface area contributed by atoms with Gasteiger partial charge in [0.1, 0.15) is 12.1 Å². The number of benzene rings is 1. The Kier molecular flexibility index (Phi) is 3.79. The lowest BCUT2D eigenvalue weighted by molar-refractivity contribution is -0.117. The van der Waals surface area contributed by atoms with E-state index in [1.54, 1.807) is 28.0 Å². The summed E-state index contributed by atoms with van der Waals surface area (Å²) in [6, 6.07) is 11.1. The number of imidazole rings is 1. The summed E-state index contributed by atoms with van der Waals surface area (Å²) in [5, 5.41) is 10.6. The zero-order valence-corrected chi connectivity index (χ0v) is 13.6. The van der Waals surface area contributed by atoms with E-state index in [4.69, 9.17) is 11.0 Å². The molecule has 128 valence electrons. The Bertz CT molecular complexity index is 1020. The number of carbonyl (C=O) groups is 1. The van der Waals surface area contributed by atoms with Crippen LogP contribution in [0.4, 0.5) is 11.8 Å². The summed E-state index contributed by atoms with van der Waals surface area (Å²) < 4.78 is 1.80. The van der Waals surface area contributed by atoms with Crippen molar-refractivity contribution in [3.8, 4) is 23.1 Å². The lowest BCUT2D eigenvalue weighted by Gasteiger charge is -2.20. The van der Waals surface area contributed by atoms with Crippen LogP contribution in [-0.2, 0) is 4.79 Å². The molecule has 1 aliphatic heterocycles. The van der Waals surface area contributed by atoms with Crippen LogP contribution >= 0.6 is 0 Å². The molecule has 3 N–H and O–H groups in total. The number of aromatic nitrogens is 4. The van der Waals surface area contributed by atoms with Crippen LogP contribution in [0.2, 0.25) is 0 Å². The molecule has 1 amide bonds. The van der Waals surface area contributed by atoms with Crippen molar-refractivity contribution >= 4 is 17.7 Å². The van der Waals surface area contributed by atoms with Crippen molar-refractivity contribution in [2.75, 3.05) is 11.6 Å². The van der Waals surface area contributed by atoms with Crippen molar-refractivity contribution in [2.45, 2.75) is 6.42 Å². The fraction of sp³-hybridized carbons (Fsp3) is 0.118. The average molecular weight is 346 g/mol. The number of fused-ring (bicyclic) bond motifs is 5. The van der Waals surface area contributed by atoms with Gasteiger partial charge in [-0.25, -0.2) is 20.4 Å². The molecule has 0 spiro atoms. The Hall–Kier alpha value is -3.77. The molecule has 9 nitrogen and oxygen atoms in total. The molecule has 1 aliphatic rings. The Morgan fingerprint density at radius 1 is 1.23 bits per heavy atom. The first-order valence-corrected chi connectivity index (χ1v) is 7.90. The number of amides is 1. The van der Waals surface area contributed by atoms with Crippen LogP contribution in [0.15, 0.2) is 42.9 Å². The van der Waals surface area contributed by atoms with Crippen molar-refractivity contribution in [3.63, 3.8) is 0 Å². The van der Waals surface area contributed by atoms with Gasteiger partial charge in [0.15, 0.2) is 5.82 Å². The molecule has 3 heterocycles. The monoisotopic (exact) mass is 346 g/mol. The summed E-state index contributed by atoms with van der Waals surface area (Å²) >= 11 is 0. The van der Waals surface area contributed by atoms with Crippen molar-refractivity contribution in [2.24, 2.45) is 5.73 Å². The predicted molar refractivity (Wildman–Crippen MR) is 93.3 cm³/mol. The number of primary amides is 1. The molecule has 0 fully saturated rings. The summed E-state index contributed by atoms with van der Waals surface area (Å²) in [6.45, 7) is 0.335. The van der Waals surface area contributed by atoms with Crippen LogP contribution in [0.25, 0.3) is 17.1 Å². The van der Waals surface area contributed by atoms with Crippen LogP contribution in [0.1, 0.15) is 12.0 Å². The van der Waals surface area contributed by atoms with E-state index in [1.165, 1.54) is 0 Å². The van der Waals surface area contributed by atoms with Gasteiger partial charge < -0.3 is 5.73 Å². The van der Waals surface area contributed by atoms with Gasteiger partial charge in [-0.2, -0.15) is 10.2 Å². The number of carbonyl (C=O) groups excluding carboxylic acids is 1. The van der Waals surface area contributed by atoms with Gasteiger partial charge in [-0.1, -0.05) is 12.1 Å². The molecule has 0 saturated heterocycles. The van der Waals surface area contributed by atoms with Crippen molar-refractivity contribution in [3.05, 3.63) is 48.4 Å². The zero-order valence-electron chi connectivity index (χ0n) is 13.6. The number of rotatable bonds is 5. The van der Waals surface area contributed by atoms with Gasteiger partial charge in [0.2, 0.25) is 11.9 Å². The maximum Gasteiger partial charge on any atom is 0.248 e. The second kappa shape index (κ2) is 6.27. The van der Waals surface area contributed by atoms with Crippen molar-refractivity contribution < 1.29 is 4.79 Å². The Labute approximate surface area is 148 Å². The van der Waals surface area contributed by atoms with E-state index in [-0.39, 0.29) is 6.42 Å². The number of hydrogen-bond acceptors (Lipinski definition) is 7. The Morgan fingerprint density at radius 3 is 2.77 bits per heavy atom. The SMILES string of the molecule is N#Cc1ccc(-c2cc3nc(n2)N(NCCC(N)=O)c2cn-3cn2)cc1. The number of hydrogen-bond donors (Lipinski definition) is 2. The lowest BCUT2D eigenvalue weighted by Crippen LogP contribution is -2.37. The van der Waals surface area contributed by atoms with Crippen LogP contribution in [0, 0.1) is 11.3 Å². The van der Waals surface area contributed by atoms with E-state index in [0.29, 0.717) is 35.4 Å². The standard InChI is InChI=1S/C17H14N8O/c18-8-11-1-3-12(4-2-11)13-7-15-23-17(22-13)25(21-6-5-14(19)26)16-9-24(15)10-20-16/h1-4,7,9-10,21H,5-6H2,(H2,19,26). The van der Waals surface area contributed by atoms with Crippen LogP contribution in [-0.4, -0.2) is 32.0 Å². The van der Waals surface area contributed by atoms with Crippen LogP contribution in [0.3, 0.4) is 0 Å². The van der Waals surface area contributed by atoms with E-state index < -0.39 is 5.91 Å². The second-order valence-corrected chi connectivity index (χ2v) is 5.70. The molecule has 1 aromatic carbocycles. The average Bonchev–Trinajstić information content (AvgIpc) is 3.11. The Balaban J connectivity index is 1.73. The molecule has 0 atom stereocenters. The highest BCUT2D eigenvalue weighted by Crippen LogP contribution is 2.28. The highest BCUT2D eigenvalue weighted by Gasteiger charge is 2.22. The van der Waals surface area contributed by atoms with E-state index in [9.17, 15) is 4.79 Å². The van der Waals surface area contributed by atoms with Crippen LogP contribution in [0.5, 0.6) is 0 Å². The molecule has 0 radical (unpaired) electrons. The topological polar surface area (TPSA) is 126 Å². The van der Waals surface area contributed by atoms with Gasteiger partial charge >= 0.3 is 0 Å². The van der Waals surface area contributed by atoms with E-state index in [2.05, 4.69) is 26.4 Å². The summed E-state index contributed by atoms with van der Waals surface area (Å²) in [7, 11) is 0. The van der Waals surface area contributed by atoms with Gasteiger partial charge in [0.25, 0.3) is 0 Å². The number of anilines is 2. The molecule has 0 saturated carbocycles. The maximum atomic E-state index is 11.0. The summed E-state index contributed by atoms with van der Waals surface area (Å²) in [6.07, 6.45) is 3.65. The largest absolute Gasteiger partial charge is 0.370 e. The third-order valence-electron chi connectivity index (χ3n) is 3.91. The van der Waals surface area contributed by atoms with Gasteiger partial charge in [-0.15, -0.1) is 0 Å². The highest BCUT2D eigenvalue weighted by molar-refractivity contribution is 5.74.